The summed E-state index contributed by atoms with van der Waals surface area (Å²) in [5.41, 5.74) is 1.85. The van der Waals surface area contributed by atoms with Gasteiger partial charge in [0.15, 0.2) is 0 Å². The zero-order chi connectivity index (χ0) is 13.0. The van der Waals surface area contributed by atoms with Crippen molar-refractivity contribution in [1.29, 1.82) is 0 Å². The Morgan fingerprint density at radius 1 is 1.50 bits per heavy atom. The number of hydrogen-bond donors (Lipinski definition) is 2. The van der Waals surface area contributed by atoms with E-state index in [9.17, 15) is 4.79 Å². The summed E-state index contributed by atoms with van der Waals surface area (Å²) in [5, 5.41) is 16.2. The van der Waals surface area contributed by atoms with E-state index in [-0.39, 0.29) is 5.56 Å². The highest BCUT2D eigenvalue weighted by Gasteiger charge is 2.08. The SMILES string of the molecule is Cc1cnn(CCNc2ccncc2C(=O)O)c1. The van der Waals surface area contributed by atoms with Crippen LogP contribution < -0.4 is 5.32 Å². The number of aryl methyl sites for hydroxylation is 1. The molecule has 6 heteroatoms. The molecule has 0 fully saturated rings. The van der Waals surface area contributed by atoms with Gasteiger partial charge in [-0.05, 0) is 18.6 Å². The lowest BCUT2D eigenvalue weighted by Crippen LogP contribution is -2.13. The van der Waals surface area contributed by atoms with E-state index < -0.39 is 5.97 Å². The van der Waals surface area contributed by atoms with E-state index >= 15 is 0 Å². The van der Waals surface area contributed by atoms with E-state index in [0.717, 1.165) is 5.56 Å². The van der Waals surface area contributed by atoms with Crippen molar-refractivity contribution >= 4 is 11.7 Å². The Kier molecular flexibility index (Phi) is 3.57. The van der Waals surface area contributed by atoms with Crippen molar-refractivity contribution in [3.8, 4) is 0 Å². The van der Waals surface area contributed by atoms with Crippen LogP contribution in [0.25, 0.3) is 0 Å². The lowest BCUT2D eigenvalue weighted by Gasteiger charge is -2.08. The average Bonchev–Trinajstić information content (AvgIpc) is 2.75. The number of carbonyl (C=O) groups is 1. The van der Waals surface area contributed by atoms with Crippen molar-refractivity contribution in [2.45, 2.75) is 13.5 Å². The highest BCUT2D eigenvalue weighted by Crippen LogP contribution is 2.12. The molecule has 0 aliphatic rings. The van der Waals surface area contributed by atoms with Gasteiger partial charge in [0.25, 0.3) is 0 Å². The molecule has 0 aliphatic carbocycles. The lowest BCUT2D eigenvalue weighted by molar-refractivity contribution is 0.0697. The predicted molar refractivity (Wildman–Crippen MR) is 66.7 cm³/mol. The van der Waals surface area contributed by atoms with Gasteiger partial charge in [0.1, 0.15) is 5.56 Å². The van der Waals surface area contributed by atoms with Gasteiger partial charge in [-0.1, -0.05) is 0 Å². The molecule has 2 heterocycles. The molecule has 0 atom stereocenters. The summed E-state index contributed by atoms with van der Waals surface area (Å²) in [6.07, 6.45) is 6.62. The quantitative estimate of drug-likeness (QED) is 0.833. The minimum absolute atomic E-state index is 0.175. The standard InChI is InChI=1S/C12H14N4O2/c1-9-6-15-16(8-9)5-4-14-11-2-3-13-7-10(11)12(17)18/h2-3,6-8H,4-5H2,1H3,(H,13,14)(H,17,18). The number of aromatic nitrogens is 3. The van der Waals surface area contributed by atoms with Gasteiger partial charge in [-0.2, -0.15) is 5.10 Å². The molecule has 0 aromatic carbocycles. The summed E-state index contributed by atoms with van der Waals surface area (Å²) >= 11 is 0. The van der Waals surface area contributed by atoms with E-state index in [2.05, 4.69) is 15.4 Å². The van der Waals surface area contributed by atoms with E-state index in [4.69, 9.17) is 5.11 Å². The fourth-order valence-electron chi connectivity index (χ4n) is 1.61. The van der Waals surface area contributed by atoms with Crippen molar-refractivity contribution in [1.82, 2.24) is 14.8 Å². The molecule has 6 nitrogen and oxygen atoms in total. The van der Waals surface area contributed by atoms with Gasteiger partial charge < -0.3 is 10.4 Å². The first-order valence-electron chi connectivity index (χ1n) is 5.57. The van der Waals surface area contributed by atoms with Crippen LogP contribution in [0.4, 0.5) is 5.69 Å². The Balaban J connectivity index is 1.96. The van der Waals surface area contributed by atoms with Gasteiger partial charge in [-0.3, -0.25) is 9.67 Å². The van der Waals surface area contributed by atoms with Crippen LogP contribution in [0.2, 0.25) is 0 Å². The van der Waals surface area contributed by atoms with Crippen molar-refractivity contribution < 1.29 is 9.90 Å². The molecule has 0 amide bonds. The van der Waals surface area contributed by atoms with Gasteiger partial charge in [0.05, 0.1) is 18.4 Å². The topological polar surface area (TPSA) is 80.0 Å². The average molecular weight is 246 g/mol. The Hall–Kier alpha value is -2.37. The number of carboxylic acid groups (broad SMARTS) is 1. The highest BCUT2D eigenvalue weighted by molar-refractivity contribution is 5.93. The third kappa shape index (κ3) is 2.85. The number of nitrogens with one attached hydrogen (secondary N) is 1. The van der Waals surface area contributed by atoms with E-state index in [1.807, 2.05) is 17.8 Å². The molecule has 2 rings (SSSR count). The number of aromatic carboxylic acids is 1. The molecule has 0 radical (unpaired) electrons. The minimum atomic E-state index is -0.986. The second-order valence-corrected chi connectivity index (χ2v) is 3.93. The van der Waals surface area contributed by atoms with Crippen molar-refractivity contribution in [2.75, 3.05) is 11.9 Å². The summed E-state index contributed by atoms with van der Waals surface area (Å²) in [6, 6.07) is 1.65. The smallest absolute Gasteiger partial charge is 0.339 e. The maximum atomic E-state index is 11.0. The van der Waals surface area contributed by atoms with E-state index in [1.165, 1.54) is 6.20 Å². The molecule has 0 spiro atoms. The first kappa shape index (κ1) is 12.1. The molecule has 2 aromatic heterocycles. The number of nitrogens with zero attached hydrogens (tertiary/aromatic N) is 3. The summed E-state index contributed by atoms with van der Waals surface area (Å²) in [5.74, 6) is -0.986. The molecule has 0 saturated heterocycles. The molecule has 2 N–H and O–H groups in total. The largest absolute Gasteiger partial charge is 0.478 e. The third-order valence-corrected chi connectivity index (χ3v) is 2.47. The van der Waals surface area contributed by atoms with E-state index in [0.29, 0.717) is 18.8 Å². The van der Waals surface area contributed by atoms with Crippen molar-refractivity contribution in [2.24, 2.45) is 0 Å². The first-order chi connectivity index (χ1) is 8.66. The van der Waals surface area contributed by atoms with Crippen LogP contribution in [0, 0.1) is 6.92 Å². The molecular weight excluding hydrogens is 232 g/mol. The maximum absolute atomic E-state index is 11.0. The van der Waals surface area contributed by atoms with Gasteiger partial charge >= 0.3 is 5.97 Å². The minimum Gasteiger partial charge on any atom is -0.478 e. The van der Waals surface area contributed by atoms with Gasteiger partial charge in [0, 0.05) is 25.1 Å². The molecule has 94 valence electrons. The second kappa shape index (κ2) is 5.31. The summed E-state index contributed by atoms with van der Waals surface area (Å²) in [7, 11) is 0. The third-order valence-electron chi connectivity index (χ3n) is 2.47. The highest BCUT2D eigenvalue weighted by atomic mass is 16.4. The van der Waals surface area contributed by atoms with E-state index in [1.54, 1.807) is 18.5 Å². The zero-order valence-corrected chi connectivity index (χ0v) is 10.00. The fourth-order valence-corrected chi connectivity index (χ4v) is 1.61. The summed E-state index contributed by atoms with van der Waals surface area (Å²) in [6.45, 7) is 3.25. The Bertz CT molecular complexity index is 551. The van der Waals surface area contributed by atoms with Crippen LogP contribution in [0.5, 0.6) is 0 Å². The zero-order valence-electron chi connectivity index (χ0n) is 10.00. The molecule has 18 heavy (non-hydrogen) atoms. The number of hydrogen-bond acceptors (Lipinski definition) is 4. The first-order valence-corrected chi connectivity index (χ1v) is 5.57. The van der Waals surface area contributed by atoms with Crippen molar-refractivity contribution in [3.63, 3.8) is 0 Å². The van der Waals surface area contributed by atoms with Gasteiger partial charge in [-0.25, -0.2) is 4.79 Å². The number of anilines is 1. The van der Waals surface area contributed by atoms with Gasteiger partial charge in [0.2, 0.25) is 0 Å². The Morgan fingerprint density at radius 2 is 2.33 bits per heavy atom. The molecule has 0 bridgehead atoms. The summed E-state index contributed by atoms with van der Waals surface area (Å²) in [4.78, 5) is 14.8. The van der Waals surface area contributed by atoms with Crippen molar-refractivity contribution in [3.05, 3.63) is 42.0 Å². The number of pyridine rings is 1. The van der Waals surface area contributed by atoms with Crippen LogP contribution in [0.3, 0.4) is 0 Å². The second-order valence-electron chi connectivity index (χ2n) is 3.93. The monoisotopic (exact) mass is 246 g/mol. The molecule has 0 aliphatic heterocycles. The maximum Gasteiger partial charge on any atom is 0.339 e. The number of rotatable bonds is 5. The molecular formula is C12H14N4O2. The molecule has 0 saturated carbocycles. The predicted octanol–water partition coefficient (Wildman–Crippen LogP) is 1.40. The fraction of sp³-hybridized carbons (Fsp3) is 0.250. The van der Waals surface area contributed by atoms with Crippen LogP contribution in [-0.4, -0.2) is 32.4 Å². The number of carboxylic acids is 1. The van der Waals surface area contributed by atoms with Crippen LogP contribution in [-0.2, 0) is 6.54 Å². The van der Waals surface area contributed by atoms with Crippen LogP contribution >= 0.6 is 0 Å². The summed E-state index contributed by atoms with van der Waals surface area (Å²) < 4.78 is 1.81. The Labute approximate surface area is 104 Å². The molecule has 0 unspecified atom stereocenters. The molecule has 2 aromatic rings. The Morgan fingerprint density at radius 3 is 3.00 bits per heavy atom. The lowest BCUT2D eigenvalue weighted by atomic mass is 10.2. The van der Waals surface area contributed by atoms with Crippen LogP contribution in [0.1, 0.15) is 15.9 Å². The van der Waals surface area contributed by atoms with Gasteiger partial charge in [-0.15, -0.1) is 0 Å². The van der Waals surface area contributed by atoms with Crippen LogP contribution in [0.15, 0.2) is 30.9 Å². The normalized spacial score (nSPS) is 10.3.